The number of aryl methyl sites for hydroxylation is 2. The van der Waals surface area contributed by atoms with E-state index in [9.17, 15) is 35.7 Å². The third-order valence-corrected chi connectivity index (χ3v) is 5.82. The molecule has 0 aliphatic carbocycles. The average molecular weight is 445 g/mol. The molecular formula is C20H31NO10. The molecule has 0 radical (unpaired) electrons. The quantitative estimate of drug-likeness (QED) is 0.229. The molecule has 0 spiro atoms. The summed E-state index contributed by atoms with van der Waals surface area (Å²) in [6.45, 7) is 2.64. The Bertz CT molecular complexity index is 732. The first-order valence-electron chi connectivity index (χ1n) is 10.1. The molecule has 1 aromatic carbocycles. The summed E-state index contributed by atoms with van der Waals surface area (Å²) in [5.74, 6) is 0. The lowest BCUT2D eigenvalue weighted by molar-refractivity contribution is -0.340. The fourth-order valence-corrected chi connectivity index (χ4v) is 3.70. The SMILES string of the molecule is Cc1ccc(N[C@H]2O[C@H](CO)[C@@H](O[C@H]3O[C@@H](CO)[C@H](O)[C@@H](O)[C@@H]3O)[C@H](O)[C@H]2O)cc1C. The van der Waals surface area contributed by atoms with Crippen molar-refractivity contribution in [3.05, 3.63) is 29.3 Å². The van der Waals surface area contributed by atoms with Crippen LogP contribution in [0.5, 0.6) is 0 Å². The van der Waals surface area contributed by atoms with Gasteiger partial charge in [0.2, 0.25) is 0 Å². The zero-order valence-corrected chi connectivity index (χ0v) is 17.3. The van der Waals surface area contributed by atoms with Gasteiger partial charge in [-0.25, -0.2) is 0 Å². The highest BCUT2D eigenvalue weighted by Gasteiger charge is 2.50. The third-order valence-electron chi connectivity index (χ3n) is 5.82. The second-order valence-corrected chi connectivity index (χ2v) is 8.00. The van der Waals surface area contributed by atoms with Gasteiger partial charge < -0.3 is 55.3 Å². The van der Waals surface area contributed by atoms with Crippen LogP contribution in [0, 0.1) is 13.8 Å². The van der Waals surface area contributed by atoms with Crippen LogP contribution in [0.1, 0.15) is 11.1 Å². The Hall–Kier alpha value is -1.38. The van der Waals surface area contributed by atoms with Gasteiger partial charge in [-0.2, -0.15) is 0 Å². The molecule has 31 heavy (non-hydrogen) atoms. The molecule has 2 aliphatic heterocycles. The normalized spacial score (nSPS) is 41.2. The maximum atomic E-state index is 10.6. The van der Waals surface area contributed by atoms with Gasteiger partial charge in [0.05, 0.1) is 13.2 Å². The molecule has 3 rings (SSSR count). The van der Waals surface area contributed by atoms with E-state index in [1.54, 1.807) is 6.07 Å². The van der Waals surface area contributed by atoms with Crippen LogP contribution in [0.4, 0.5) is 5.69 Å². The Morgan fingerprint density at radius 1 is 0.806 bits per heavy atom. The second-order valence-electron chi connectivity index (χ2n) is 8.00. The molecule has 2 aliphatic rings. The predicted molar refractivity (Wildman–Crippen MR) is 106 cm³/mol. The Morgan fingerprint density at radius 3 is 2.10 bits per heavy atom. The summed E-state index contributed by atoms with van der Waals surface area (Å²) in [5, 5.41) is 73.2. The number of hydrogen-bond acceptors (Lipinski definition) is 11. The molecule has 0 saturated carbocycles. The number of aliphatic hydroxyl groups is 7. The molecule has 1 aromatic rings. The lowest BCUT2D eigenvalue weighted by Gasteiger charge is -2.46. The molecule has 2 saturated heterocycles. The monoisotopic (exact) mass is 445 g/mol. The standard InChI is InChI=1S/C20H31NO10/c1-8-3-4-10(5-9(8)2)21-19-16(27)15(26)18(12(7-23)29-19)31-20-17(28)14(25)13(24)11(6-22)30-20/h3-5,11-28H,6-7H2,1-2H3/t11-,12+,13-,14+,15+,16+,17-,18+,19-,20+/m0/s1. The molecule has 0 amide bonds. The summed E-state index contributed by atoms with van der Waals surface area (Å²) in [6.07, 6.45) is -14.2. The van der Waals surface area contributed by atoms with Crippen LogP contribution >= 0.6 is 0 Å². The van der Waals surface area contributed by atoms with Crippen LogP contribution < -0.4 is 5.32 Å². The molecule has 0 bridgehead atoms. The number of ether oxygens (including phenoxy) is 3. The minimum atomic E-state index is -1.70. The van der Waals surface area contributed by atoms with Crippen LogP contribution in [0.2, 0.25) is 0 Å². The highest BCUT2D eigenvalue weighted by atomic mass is 16.7. The van der Waals surface area contributed by atoms with Crippen LogP contribution in [-0.2, 0) is 14.2 Å². The highest BCUT2D eigenvalue weighted by molar-refractivity contribution is 5.48. The first-order chi connectivity index (χ1) is 14.7. The summed E-state index contributed by atoms with van der Waals surface area (Å²) < 4.78 is 16.5. The molecule has 0 unspecified atom stereocenters. The Morgan fingerprint density at radius 2 is 1.48 bits per heavy atom. The highest BCUT2D eigenvalue weighted by Crippen LogP contribution is 2.30. The molecule has 2 heterocycles. The van der Waals surface area contributed by atoms with Crippen molar-refractivity contribution in [2.24, 2.45) is 0 Å². The van der Waals surface area contributed by atoms with Crippen molar-refractivity contribution in [1.29, 1.82) is 0 Å². The lowest BCUT2D eigenvalue weighted by Crippen LogP contribution is -2.65. The summed E-state index contributed by atoms with van der Waals surface area (Å²) in [4.78, 5) is 0. The zero-order valence-electron chi connectivity index (χ0n) is 17.3. The molecule has 176 valence electrons. The van der Waals surface area contributed by atoms with Crippen molar-refractivity contribution >= 4 is 5.69 Å². The molecule has 0 aromatic heterocycles. The molecular weight excluding hydrogens is 414 g/mol. The van der Waals surface area contributed by atoms with Gasteiger partial charge in [-0.05, 0) is 37.1 Å². The van der Waals surface area contributed by atoms with Crippen molar-refractivity contribution < 1.29 is 50.0 Å². The number of aliphatic hydroxyl groups excluding tert-OH is 7. The lowest BCUT2D eigenvalue weighted by atomic mass is 9.96. The van der Waals surface area contributed by atoms with E-state index in [0.29, 0.717) is 5.69 Å². The van der Waals surface area contributed by atoms with Crippen LogP contribution in [0.3, 0.4) is 0 Å². The van der Waals surface area contributed by atoms with E-state index < -0.39 is 74.6 Å². The largest absolute Gasteiger partial charge is 0.394 e. The second kappa shape index (κ2) is 10.0. The molecule has 11 heteroatoms. The number of nitrogens with one attached hydrogen (secondary N) is 1. The minimum Gasteiger partial charge on any atom is -0.394 e. The van der Waals surface area contributed by atoms with Gasteiger partial charge in [-0.15, -0.1) is 0 Å². The van der Waals surface area contributed by atoms with Gasteiger partial charge in [0.25, 0.3) is 0 Å². The van der Waals surface area contributed by atoms with E-state index >= 15 is 0 Å². The minimum absolute atomic E-state index is 0.586. The Labute approximate surface area is 179 Å². The van der Waals surface area contributed by atoms with Gasteiger partial charge in [0.1, 0.15) is 48.8 Å². The molecule has 8 N–H and O–H groups in total. The maximum Gasteiger partial charge on any atom is 0.187 e. The average Bonchev–Trinajstić information content (AvgIpc) is 2.75. The van der Waals surface area contributed by atoms with Crippen molar-refractivity contribution in [2.75, 3.05) is 18.5 Å². The zero-order chi connectivity index (χ0) is 22.9. The van der Waals surface area contributed by atoms with Crippen LogP contribution in [-0.4, -0.2) is 110 Å². The fourth-order valence-electron chi connectivity index (χ4n) is 3.70. The van der Waals surface area contributed by atoms with Gasteiger partial charge >= 0.3 is 0 Å². The predicted octanol–water partition coefficient (Wildman–Crippen LogP) is -2.66. The van der Waals surface area contributed by atoms with Gasteiger partial charge in [-0.3, -0.25) is 0 Å². The maximum absolute atomic E-state index is 10.6. The smallest absolute Gasteiger partial charge is 0.187 e. The Balaban J connectivity index is 1.72. The molecule has 2 fully saturated rings. The first-order valence-corrected chi connectivity index (χ1v) is 10.1. The van der Waals surface area contributed by atoms with Gasteiger partial charge in [0, 0.05) is 5.69 Å². The van der Waals surface area contributed by atoms with Crippen LogP contribution in [0.15, 0.2) is 18.2 Å². The number of anilines is 1. The van der Waals surface area contributed by atoms with E-state index in [4.69, 9.17) is 14.2 Å². The van der Waals surface area contributed by atoms with Gasteiger partial charge in [0.15, 0.2) is 12.5 Å². The van der Waals surface area contributed by atoms with Crippen molar-refractivity contribution in [3.63, 3.8) is 0 Å². The summed E-state index contributed by atoms with van der Waals surface area (Å²) in [5.41, 5.74) is 2.74. The van der Waals surface area contributed by atoms with E-state index in [2.05, 4.69) is 5.32 Å². The van der Waals surface area contributed by atoms with E-state index in [1.165, 1.54) is 0 Å². The number of rotatable bonds is 6. The van der Waals surface area contributed by atoms with E-state index in [0.717, 1.165) is 11.1 Å². The Kier molecular flexibility index (Phi) is 7.86. The van der Waals surface area contributed by atoms with Gasteiger partial charge in [-0.1, -0.05) is 6.07 Å². The van der Waals surface area contributed by atoms with Crippen molar-refractivity contribution in [3.8, 4) is 0 Å². The summed E-state index contributed by atoms with van der Waals surface area (Å²) in [7, 11) is 0. The van der Waals surface area contributed by atoms with E-state index in [-0.39, 0.29) is 0 Å². The number of benzene rings is 1. The summed E-state index contributed by atoms with van der Waals surface area (Å²) in [6, 6.07) is 5.52. The number of hydrogen-bond donors (Lipinski definition) is 8. The molecule has 11 nitrogen and oxygen atoms in total. The summed E-state index contributed by atoms with van der Waals surface area (Å²) >= 11 is 0. The first kappa shape index (κ1) is 24.3. The van der Waals surface area contributed by atoms with Crippen molar-refractivity contribution in [1.82, 2.24) is 0 Å². The molecule has 10 atom stereocenters. The van der Waals surface area contributed by atoms with E-state index in [1.807, 2.05) is 26.0 Å². The topological polar surface area (TPSA) is 181 Å². The van der Waals surface area contributed by atoms with Crippen molar-refractivity contribution in [2.45, 2.75) is 75.2 Å². The van der Waals surface area contributed by atoms with Crippen LogP contribution in [0.25, 0.3) is 0 Å². The third kappa shape index (κ3) is 5.01. The fraction of sp³-hybridized carbons (Fsp3) is 0.700.